The summed E-state index contributed by atoms with van der Waals surface area (Å²) in [6, 6.07) is 12.3. The molecule has 0 saturated carbocycles. The van der Waals surface area contributed by atoms with E-state index in [9.17, 15) is 9.59 Å². The summed E-state index contributed by atoms with van der Waals surface area (Å²) >= 11 is 0. The Labute approximate surface area is 120 Å². The summed E-state index contributed by atoms with van der Waals surface area (Å²) in [6.45, 7) is 1.81. The summed E-state index contributed by atoms with van der Waals surface area (Å²) < 4.78 is 5.70. The van der Waals surface area contributed by atoms with Gasteiger partial charge in [-0.2, -0.15) is 0 Å². The van der Waals surface area contributed by atoms with Crippen molar-refractivity contribution >= 4 is 16.9 Å². The average molecular weight is 282 g/mol. The number of furan rings is 1. The number of amides is 1. The summed E-state index contributed by atoms with van der Waals surface area (Å²) in [5.41, 5.74) is 0.443. The smallest absolute Gasteiger partial charge is 0.260 e. The van der Waals surface area contributed by atoms with Crippen LogP contribution < -0.4 is 10.9 Å². The highest BCUT2D eigenvalue weighted by Crippen LogP contribution is 2.23. The van der Waals surface area contributed by atoms with E-state index < -0.39 is 11.5 Å². The molecule has 0 saturated heterocycles. The maximum atomic E-state index is 12.1. The molecule has 2 N–H and O–H groups in total. The van der Waals surface area contributed by atoms with Crippen LogP contribution in [0.5, 0.6) is 0 Å². The molecule has 0 fully saturated rings. The lowest BCUT2D eigenvalue weighted by Crippen LogP contribution is -2.31. The monoisotopic (exact) mass is 282 g/mol. The van der Waals surface area contributed by atoms with E-state index in [1.807, 2.05) is 37.3 Å². The largest absolute Gasteiger partial charge is 0.459 e. The Morgan fingerprint density at radius 2 is 2.05 bits per heavy atom. The molecule has 0 spiro atoms. The minimum absolute atomic E-state index is 0.0838. The Morgan fingerprint density at radius 3 is 2.81 bits per heavy atom. The summed E-state index contributed by atoms with van der Waals surface area (Å²) in [7, 11) is 0. The van der Waals surface area contributed by atoms with Crippen LogP contribution in [0.25, 0.3) is 11.0 Å². The van der Waals surface area contributed by atoms with Gasteiger partial charge in [0.15, 0.2) is 0 Å². The van der Waals surface area contributed by atoms with Gasteiger partial charge >= 0.3 is 0 Å². The number of carbonyl (C=O) groups is 1. The molecule has 0 aliphatic heterocycles. The lowest BCUT2D eigenvalue weighted by atomic mass is 10.2. The maximum Gasteiger partial charge on any atom is 0.260 e. The Kier molecular flexibility index (Phi) is 3.31. The second-order valence-electron chi connectivity index (χ2n) is 4.79. The Hall–Kier alpha value is -2.82. The Morgan fingerprint density at radius 1 is 1.24 bits per heavy atom. The van der Waals surface area contributed by atoms with Gasteiger partial charge in [0, 0.05) is 11.6 Å². The number of fused-ring (bicyclic) bond motifs is 1. The van der Waals surface area contributed by atoms with Crippen molar-refractivity contribution in [2.45, 2.75) is 13.0 Å². The summed E-state index contributed by atoms with van der Waals surface area (Å²) in [5.74, 6) is 0.224. The standard InChI is InChI=1S/C16H14N2O3/c1-10(14-9-11-5-2-3-7-13(11)21-14)18-16(20)12-6-4-8-17-15(12)19/h2-10H,1H3,(H,17,19)(H,18,20)/t10-/m0/s1. The minimum atomic E-state index is -0.426. The zero-order valence-corrected chi connectivity index (χ0v) is 11.4. The van der Waals surface area contributed by atoms with Crippen LogP contribution in [-0.4, -0.2) is 10.9 Å². The van der Waals surface area contributed by atoms with Gasteiger partial charge in [-0.1, -0.05) is 18.2 Å². The van der Waals surface area contributed by atoms with Gasteiger partial charge in [-0.05, 0) is 31.2 Å². The van der Waals surface area contributed by atoms with Gasteiger partial charge in [-0.15, -0.1) is 0 Å². The first kappa shape index (κ1) is 13.2. The van der Waals surface area contributed by atoms with Crippen LogP contribution in [0.3, 0.4) is 0 Å². The molecule has 21 heavy (non-hydrogen) atoms. The number of hydrogen-bond donors (Lipinski definition) is 2. The van der Waals surface area contributed by atoms with Crippen LogP contribution >= 0.6 is 0 Å². The number of benzene rings is 1. The summed E-state index contributed by atoms with van der Waals surface area (Å²) in [6.07, 6.45) is 1.49. The zero-order chi connectivity index (χ0) is 14.8. The van der Waals surface area contributed by atoms with Gasteiger partial charge in [0.2, 0.25) is 0 Å². The molecule has 3 aromatic rings. The predicted molar refractivity (Wildman–Crippen MR) is 79.2 cm³/mol. The maximum absolute atomic E-state index is 12.1. The normalized spacial score (nSPS) is 12.2. The third kappa shape index (κ3) is 2.58. The van der Waals surface area contributed by atoms with Gasteiger partial charge in [-0.3, -0.25) is 9.59 Å². The Bertz CT molecular complexity index is 815. The van der Waals surface area contributed by atoms with Crippen molar-refractivity contribution in [3.05, 3.63) is 70.3 Å². The van der Waals surface area contributed by atoms with Gasteiger partial charge in [0.1, 0.15) is 16.9 Å². The van der Waals surface area contributed by atoms with Crippen LogP contribution in [0.1, 0.15) is 29.1 Å². The zero-order valence-electron chi connectivity index (χ0n) is 11.4. The number of aromatic nitrogens is 1. The molecule has 1 amide bonds. The molecule has 5 nitrogen and oxygen atoms in total. The number of H-pyrrole nitrogens is 1. The van der Waals surface area contributed by atoms with Crippen molar-refractivity contribution in [1.82, 2.24) is 10.3 Å². The molecule has 0 aliphatic carbocycles. The molecule has 0 aliphatic rings. The number of hydrogen-bond acceptors (Lipinski definition) is 3. The quantitative estimate of drug-likeness (QED) is 0.775. The number of nitrogens with one attached hydrogen (secondary N) is 2. The molecule has 0 bridgehead atoms. The number of aromatic amines is 1. The second-order valence-corrected chi connectivity index (χ2v) is 4.79. The van der Waals surface area contributed by atoms with E-state index in [-0.39, 0.29) is 11.6 Å². The lowest BCUT2D eigenvalue weighted by molar-refractivity contribution is 0.0934. The first-order valence-corrected chi connectivity index (χ1v) is 6.62. The molecule has 2 heterocycles. The van der Waals surface area contributed by atoms with Crippen molar-refractivity contribution < 1.29 is 9.21 Å². The molecule has 3 rings (SSSR count). The van der Waals surface area contributed by atoms with Gasteiger partial charge < -0.3 is 14.7 Å². The van der Waals surface area contributed by atoms with E-state index in [1.54, 1.807) is 6.07 Å². The van der Waals surface area contributed by atoms with Crippen molar-refractivity contribution in [2.24, 2.45) is 0 Å². The van der Waals surface area contributed by atoms with Gasteiger partial charge in [0.05, 0.1) is 6.04 Å². The highest BCUT2D eigenvalue weighted by molar-refractivity contribution is 5.94. The molecule has 0 unspecified atom stereocenters. The topological polar surface area (TPSA) is 75.1 Å². The average Bonchev–Trinajstić information content (AvgIpc) is 2.91. The van der Waals surface area contributed by atoms with Crippen molar-refractivity contribution in [3.8, 4) is 0 Å². The molecule has 1 aromatic carbocycles. The number of rotatable bonds is 3. The van der Waals surface area contributed by atoms with Crippen LogP contribution in [-0.2, 0) is 0 Å². The highest BCUT2D eigenvalue weighted by atomic mass is 16.3. The number of para-hydroxylation sites is 1. The van der Waals surface area contributed by atoms with E-state index >= 15 is 0 Å². The molecular weight excluding hydrogens is 268 g/mol. The van der Waals surface area contributed by atoms with Crippen molar-refractivity contribution in [1.29, 1.82) is 0 Å². The van der Waals surface area contributed by atoms with Crippen LogP contribution in [0.4, 0.5) is 0 Å². The number of carbonyl (C=O) groups excluding carboxylic acids is 1. The van der Waals surface area contributed by atoms with E-state index in [1.165, 1.54) is 12.3 Å². The van der Waals surface area contributed by atoms with Crippen molar-refractivity contribution in [3.63, 3.8) is 0 Å². The fraction of sp³-hybridized carbons (Fsp3) is 0.125. The van der Waals surface area contributed by atoms with Gasteiger partial charge in [-0.25, -0.2) is 0 Å². The van der Waals surface area contributed by atoms with E-state index in [0.717, 1.165) is 11.0 Å². The van der Waals surface area contributed by atoms with E-state index in [4.69, 9.17) is 4.42 Å². The summed E-state index contributed by atoms with van der Waals surface area (Å²) in [5, 5.41) is 3.74. The van der Waals surface area contributed by atoms with E-state index in [2.05, 4.69) is 10.3 Å². The SMILES string of the molecule is C[C@H](NC(=O)c1ccc[nH]c1=O)c1cc2ccccc2o1. The van der Waals surface area contributed by atoms with Crippen LogP contribution in [0.2, 0.25) is 0 Å². The first-order chi connectivity index (χ1) is 10.1. The van der Waals surface area contributed by atoms with Crippen molar-refractivity contribution in [2.75, 3.05) is 0 Å². The lowest BCUT2D eigenvalue weighted by Gasteiger charge is -2.10. The third-order valence-electron chi connectivity index (χ3n) is 3.28. The molecule has 2 aromatic heterocycles. The highest BCUT2D eigenvalue weighted by Gasteiger charge is 2.16. The predicted octanol–water partition coefficient (Wildman–Crippen LogP) is 2.61. The fourth-order valence-corrected chi connectivity index (χ4v) is 2.16. The fourth-order valence-electron chi connectivity index (χ4n) is 2.16. The Balaban J connectivity index is 1.83. The van der Waals surface area contributed by atoms with Crippen LogP contribution in [0.15, 0.2) is 57.9 Å². The molecule has 106 valence electrons. The second kappa shape index (κ2) is 5.28. The minimum Gasteiger partial charge on any atom is -0.459 e. The summed E-state index contributed by atoms with van der Waals surface area (Å²) in [4.78, 5) is 26.1. The molecule has 0 radical (unpaired) electrons. The first-order valence-electron chi connectivity index (χ1n) is 6.62. The van der Waals surface area contributed by atoms with Crippen LogP contribution in [0, 0.1) is 0 Å². The molecule has 5 heteroatoms. The third-order valence-corrected chi connectivity index (χ3v) is 3.28. The molecular formula is C16H14N2O3. The van der Waals surface area contributed by atoms with Gasteiger partial charge in [0.25, 0.3) is 11.5 Å². The van der Waals surface area contributed by atoms with E-state index in [0.29, 0.717) is 5.76 Å². The number of pyridine rings is 1. The molecule has 1 atom stereocenters.